The molecule has 0 aliphatic rings. The molecule has 2 aromatic heterocycles. The topological polar surface area (TPSA) is 92.5 Å². The Morgan fingerprint density at radius 2 is 2.00 bits per heavy atom. The van der Waals surface area contributed by atoms with E-state index in [-0.39, 0.29) is 10.8 Å². The minimum absolute atomic E-state index is 0.242. The summed E-state index contributed by atoms with van der Waals surface area (Å²) in [4.78, 5) is 16.7. The third kappa shape index (κ3) is 5.11. The fourth-order valence-electron chi connectivity index (χ4n) is 2.81. The van der Waals surface area contributed by atoms with Crippen LogP contribution in [0.3, 0.4) is 0 Å². The fraction of sp³-hybridized carbons (Fsp3) is 0.300. The second kappa shape index (κ2) is 9.34. The van der Waals surface area contributed by atoms with Crippen molar-refractivity contribution in [3.8, 4) is 0 Å². The molecule has 0 saturated carbocycles. The molecule has 3 aromatic rings. The summed E-state index contributed by atoms with van der Waals surface area (Å²) in [5.41, 5.74) is 0.636. The van der Waals surface area contributed by atoms with E-state index in [1.165, 1.54) is 28.0 Å². The molecule has 3 rings (SSSR count). The van der Waals surface area contributed by atoms with E-state index in [0.717, 1.165) is 12.8 Å². The highest BCUT2D eigenvalue weighted by Crippen LogP contribution is 2.29. The molecule has 0 aliphatic heterocycles. The highest BCUT2D eigenvalue weighted by molar-refractivity contribution is 7.89. The van der Waals surface area contributed by atoms with Crippen molar-refractivity contribution in [2.45, 2.75) is 31.6 Å². The molecule has 0 atom stereocenters. The van der Waals surface area contributed by atoms with Crippen LogP contribution in [0.25, 0.3) is 16.3 Å². The predicted octanol–water partition coefficient (Wildman–Crippen LogP) is 4.35. The second-order valence-corrected chi connectivity index (χ2v) is 9.36. The van der Waals surface area contributed by atoms with Crippen LogP contribution in [-0.2, 0) is 14.8 Å². The number of fused-ring (bicyclic) bond motifs is 1. The Bertz CT molecular complexity index is 1100. The zero-order chi connectivity index (χ0) is 20.9. The van der Waals surface area contributed by atoms with Gasteiger partial charge in [0.1, 0.15) is 5.76 Å². The van der Waals surface area contributed by atoms with E-state index in [2.05, 4.69) is 10.3 Å². The number of aromatic nitrogens is 1. The predicted molar refractivity (Wildman–Crippen MR) is 115 cm³/mol. The zero-order valence-corrected chi connectivity index (χ0v) is 17.9. The van der Waals surface area contributed by atoms with E-state index in [0.29, 0.717) is 34.2 Å². The molecule has 0 aliphatic carbocycles. The first-order valence-electron chi connectivity index (χ1n) is 9.37. The number of thiazole rings is 1. The number of benzene rings is 1. The van der Waals surface area contributed by atoms with Crippen LogP contribution in [0.5, 0.6) is 0 Å². The Morgan fingerprint density at radius 1 is 1.24 bits per heavy atom. The molecule has 7 nitrogen and oxygen atoms in total. The number of furan rings is 1. The van der Waals surface area contributed by atoms with Gasteiger partial charge in [0, 0.05) is 19.2 Å². The average molecular weight is 434 g/mol. The normalized spacial score (nSPS) is 12.2. The molecular weight excluding hydrogens is 410 g/mol. The molecule has 0 spiro atoms. The third-order valence-corrected chi connectivity index (χ3v) is 6.94. The quantitative estimate of drug-likeness (QED) is 0.507. The molecule has 1 N–H and O–H groups in total. The maximum atomic E-state index is 13.0. The summed E-state index contributed by atoms with van der Waals surface area (Å²) >= 11 is 1.23. The smallest absolute Gasteiger partial charge is 0.250 e. The van der Waals surface area contributed by atoms with E-state index >= 15 is 0 Å². The Kier molecular flexibility index (Phi) is 6.83. The van der Waals surface area contributed by atoms with Gasteiger partial charge in [-0.3, -0.25) is 10.1 Å². The van der Waals surface area contributed by atoms with E-state index in [1.807, 2.05) is 13.8 Å². The van der Waals surface area contributed by atoms with E-state index in [9.17, 15) is 13.2 Å². The van der Waals surface area contributed by atoms with Gasteiger partial charge in [-0.15, -0.1) is 0 Å². The number of nitrogens with zero attached hydrogens (tertiary/aromatic N) is 2. The number of hydrogen-bond acceptors (Lipinski definition) is 6. The Morgan fingerprint density at radius 3 is 2.66 bits per heavy atom. The number of nitrogens with one attached hydrogen (secondary N) is 1. The summed E-state index contributed by atoms with van der Waals surface area (Å²) in [6.45, 7) is 4.89. The molecule has 0 bridgehead atoms. The number of carbonyl (C=O) groups is 1. The van der Waals surface area contributed by atoms with Crippen molar-refractivity contribution in [1.82, 2.24) is 9.29 Å². The number of amides is 1. The van der Waals surface area contributed by atoms with Crippen LogP contribution in [-0.4, -0.2) is 36.7 Å². The molecule has 0 radical (unpaired) electrons. The van der Waals surface area contributed by atoms with Crippen molar-refractivity contribution in [2.75, 3.05) is 18.4 Å². The summed E-state index contributed by atoms with van der Waals surface area (Å²) < 4.78 is 33.3. The van der Waals surface area contributed by atoms with Crippen molar-refractivity contribution < 1.29 is 17.6 Å². The van der Waals surface area contributed by atoms with Crippen molar-refractivity contribution in [2.24, 2.45) is 0 Å². The number of rotatable bonds is 9. The van der Waals surface area contributed by atoms with E-state index in [4.69, 9.17) is 4.42 Å². The van der Waals surface area contributed by atoms with Crippen molar-refractivity contribution in [3.05, 3.63) is 48.4 Å². The van der Waals surface area contributed by atoms with Gasteiger partial charge >= 0.3 is 0 Å². The van der Waals surface area contributed by atoms with Gasteiger partial charge in [0.05, 0.1) is 21.4 Å². The number of hydrogen-bond donors (Lipinski definition) is 1. The maximum Gasteiger partial charge on any atom is 0.250 e. The average Bonchev–Trinajstić information content (AvgIpc) is 3.34. The summed E-state index contributed by atoms with van der Waals surface area (Å²) in [6, 6.07) is 8.33. The number of anilines is 1. The molecule has 9 heteroatoms. The van der Waals surface area contributed by atoms with Gasteiger partial charge in [-0.25, -0.2) is 13.4 Å². The zero-order valence-electron chi connectivity index (χ0n) is 16.3. The second-order valence-electron chi connectivity index (χ2n) is 6.39. The standard InChI is InChI=1S/C20H23N3O4S2/c1-3-11-23(12-4-2)29(25,26)16-8-9-17-18(14-16)28-20(21-17)22-19(24)10-7-15-6-5-13-27-15/h5-10,13-14H,3-4,11-12H2,1-2H3,(H,21,22,24)/b10-7+. The highest BCUT2D eigenvalue weighted by atomic mass is 32.2. The van der Waals surface area contributed by atoms with Crippen LogP contribution in [0.2, 0.25) is 0 Å². The monoisotopic (exact) mass is 433 g/mol. The molecule has 154 valence electrons. The minimum Gasteiger partial charge on any atom is -0.465 e. The first-order valence-corrected chi connectivity index (χ1v) is 11.6. The first kappa shape index (κ1) is 21.2. The van der Waals surface area contributed by atoms with Crippen LogP contribution in [0, 0.1) is 0 Å². The Labute approximate surface area is 174 Å². The summed E-state index contributed by atoms with van der Waals surface area (Å²) in [6.07, 6.45) is 5.95. The van der Waals surface area contributed by atoms with Gasteiger partial charge in [0.2, 0.25) is 15.9 Å². The van der Waals surface area contributed by atoms with Gasteiger partial charge in [0.15, 0.2) is 5.13 Å². The minimum atomic E-state index is -3.56. The number of sulfonamides is 1. The van der Waals surface area contributed by atoms with Crippen molar-refractivity contribution in [1.29, 1.82) is 0 Å². The van der Waals surface area contributed by atoms with Gasteiger partial charge < -0.3 is 4.42 Å². The van der Waals surface area contributed by atoms with E-state index in [1.54, 1.807) is 36.4 Å². The third-order valence-electron chi connectivity index (χ3n) is 4.12. The van der Waals surface area contributed by atoms with Crippen molar-refractivity contribution in [3.63, 3.8) is 0 Å². The van der Waals surface area contributed by atoms with Gasteiger partial charge in [-0.2, -0.15) is 4.31 Å². The van der Waals surface area contributed by atoms with Gasteiger partial charge in [-0.1, -0.05) is 25.2 Å². The lowest BCUT2D eigenvalue weighted by molar-refractivity contribution is -0.111. The highest BCUT2D eigenvalue weighted by Gasteiger charge is 2.23. The van der Waals surface area contributed by atoms with Gasteiger partial charge in [0.25, 0.3) is 0 Å². The maximum absolute atomic E-state index is 13.0. The summed E-state index contributed by atoms with van der Waals surface area (Å²) in [5, 5.41) is 3.10. The lowest BCUT2D eigenvalue weighted by atomic mass is 10.3. The van der Waals surface area contributed by atoms with Gasteiger partial charge in [-0.05, 0) is 49.2 Å². The molecule has 29 heavy (non-hydrogen) atoms. The summed E-state index contributed by atoms with van der Waals surface area (Å²) in [5.74, 6) is 0.230. The van der Waals surface area contributed by atoms with E-state index < -0.39 is 10.0 Å². The van der Waals surface area contributed by atoms with Crippen molar-refractivity contribution >= 4 is 48.7 Å². The molecule has 0 unspecified atom stereocenters. The molecular formula is C20H23N3O4S2. The van der Waals surface area contributed by atoms with Crippen LogP contribution in [0.1, 0.15) is 32.4 Å². The Hall–Kier alpha value is -2.49. The number of carbonyl (C=O) groups excluding carboxylic acids is 1. The molecule has 1 aromatic carbocycles. The van der Waals surface area contributed by atoms with Crippen LogP contribution >= 0.6 is 11.3 Å². The molecule has 1 amide bonds. The molecule has 0 fully saturated rings. The Balaban J connectivity index is 1.79. The van der Waals surface area contributed by atoms with Crippen LogP contribution in [0.15, 0.2) is 52.0 Å². The van der Waals surface area contributed by atoms with Crippen LogP contribution in [0.4, 0.5) is 5.13 Å². The largest absolute Gasteiger partial charge is 0.465 e. The lowest BCUT2D eigenvalue weighted by Crippen LogP contribution is -2.32. The summed E-state index contributed by atoms with van der Waals surface area (Å²) in [7, 11) is -3.56. The van der Waals surface area contributed by atoms with Crippen LogP contribution < -0.4 is 5.32 Å². The first-order chi connectivity index (χ1) is 13.9. The molecule has 2 heterocycles. The lowest BCUT2D eigenvalue weighted by Gasteiger charge is -2.20. The fourth-order valence-corrected chi connectivity index (χ4v) is 5.44. The SMILES string of the molecule is CCCN(CCC)S(=O)(=O)c1ccc2nc(NC(=O)/C=C/c3ccco3)sc2c1. The molecule has 0 saturated heterocycles.